The zero-order valence-corrected chi connectivity index (χ0v) is 12.1. The predicted molar refractivity (Wildman–Crippen MR) is 79.0 cm³/mol. The Bertz CT molecular complexity index is 551. The molecule has 0 bridgehead atoms. The van der Waals surface area contributed by atoms with Crippen LogP contribution in [-0.2, 0) is 15.8 Å². The van der Waals surface area contributed by atoms with Crippen molar-refractivity contribution in [3.05, 3.63) is 35.9 Å². The molecule has 1 aliphatic heterocycles. The van der Waals surface area contributed by atoms with Crippen molar-refractivity contribution in [3.8, 4) is 0 Å². The number of nitrogens with zero attached hydrogens (tertiary/aromatic N) is 2. The fourth-order valence-corrected chi connectivity index (χ4v) is 3.80. The summed E-state index contributed by atoms with van der Waals surface area (Å²) in [4.78, 5) is 2.00. The van der Waals surface area contributed by atoms with E-state index < -0.39 is 10.0 Å². The van der Waals surface area contributed by atoms with Gasteiger partial charge in [0.15, 0.2) is 0 Å². The number of piperazine rings is 1. The van der Waals surface area contributed by atoms with E-state index in [0.29, 0.717) is 32.7 Å². The van der Waals surface area contributed by atoms with Crippen molar-refractivity contribution in [2.24, 2.45) is 5.73 Å². The van der Waals surface area contributed by atoms with Gasteiger partial charge in [-0.2, -0.15) is 4.31 Å². The van der Waals surface area contributed by atoms with Crippen LogP contribution in [0.25, 0.3) is 0 Å². The molecule has 1 aromatic rings. The summed E-state index contributed by atoms with van der Waals surface area (Å²) in [5, 5.41) is 7.26. The Balaban J connectivity index is 1.94. The molecule has 3 N–H and O–H groups in total. The van der Waals surface area contributed by atoms with Crippen LogP contribution in [-0.4, -0.2) is 56.2 Å². The standard InChI is InChI=1S/C13H20N4O2S/c14-13(15)10-16-6-8-17(9-7-16)20(18,19)11-12-4-2-1-3-5-12/h1-5H,6-11H2,(H3,14,15). The van der Waals surface area contributed by atoms with Gasteiger partial charge in [-0.05, 0) is 5.56 Å². The molecule has 0 radical (unpaired) electrons. The van der Waals surface area contributed by atoms with Gasteiger partial charge >= 0.3 is 0 Å². The van der Waals surface area contributed by atoms with Gasteiger partial charge in [-0.3, -0.25) is 10.3 Å². The summed E-state index contributed by atoms with van der Waals surface area (Å²) in [5.41, 5.74) is 6.16. The van der Waals surface area contributed by atoms with Crippen LogP contribution in [0.5, 0.6) is 0 Å². The van der Waals surface area contributed by atoms with E-state index in [1.807, 2.05) is 35.2 Å². The van der Waals surface area contributed by atoms with Crippen LogP contribution in [0.3, 0.4) is 0 Å². The lowest BCUT2D eigenvalue weighted by atomic mass is 10.2. The molecule has 0 spiro atoms. The highest BCUT2D eigenvalue weighted by molar-refractivity contribution is 7.88. The van der Waals surface area contributed by atoms with Crippen molar-refractivity contribution < 1.29 is 8.42 Å². The summed E-state index contributed by atoms with van der Waals surface area (Å²) in [6.07, 6.45) is 0. The van der Waals surface area contributed by atoms with Crippen LogP contribution < -0.4 is 5.73 Å². The van der Waals surface area contributed by atoms with Gasteiger partial charge in [-0.1, -0.05) is 30.3 Å². The molecule has 0 atom stereocenters. The first-order chi connectivity index (χ1) is 9.47. The quantitative estimate of drug-likeness (QED) is 0.594. The maximum Gasteiger partial charge on any atom is 0.218 e. The molecule has 110 valence electrons. The molecular weight excluding hydrogens is 276 g/mol. The molecule has 2 rings (SSSR count). The third kappa shape index (κ3) is 4.03. The molecule has 1 aliphatic rings. The van der Waals surface area contributed by atoms with Crippen LogP contribution in [0.4, 0.5) is 0 Å². The van der Waals surface area contributed by atoms with Crippen molar-refractivity contribution in [2.45, 2.75) is 5.75 Å². The first kappa shape index (κ1) is 15.0. The van der Waals surface area contributed by atoms with Gasteiger partial charge in [0.1, 0.15) is 5.84 Å². The van der Waals surface area contributed by atoms with Crippen molar-refractivity contribution in [2.75, 3.05) is 32.7 Å². The summed E-state index contributed by atoms with van der Waals surface area (Å²) < 4.78 is 26.2. The lowest BCUT2D eigenvalue weighted by Gasteiger charge is -2.33. The number of nitrogens with two attached hydrogens (primary N) is 1. The van der Waals surface area contributed by atoms with Crippen LogP contribution in [0.1, 0.15) is 5.56 Å². The Morgan fingerprint density at radius 2 is 1.75 bits per heavy atom. The Hall–Kier alpha value is -1.44. The molecule has 1 aromatic carbocycles. The minimum absolute atomic E-state index is 0.0422. The summed E-state index contributed by atoms with van der Waals surface area (Å²) >= 11 is 0. The smallest absolute Gasteiger partial charge is 0.218 e. The first-order valence-electron chi connectivity index (χ1n) is 6.54. The average molecular weight is 296 g/mol. The predicted octanol–water partition coefficient (Wildman–Crippen LogP) is 0.0700. The fourth-order valence-electron chi connectivity index (χ4n) is 2.28. The minimum Gasteiger partial charge on any atom is -0.387 e. The second kappa shape index (κ2) is 6.34. The number of benzene rings is 1. The molecule has 0 unspecified atom stereocenters. The second-order valence-electron chi connectivity index (χ2n) is 4.94. The molecular formula is C13H20N4O2S. The highest BCUT2D eigenvalue weighted by atomic mass is 32.2. The highest BCUT2D eigenvalue weighted by Gasteiger charge is 2.27. The number of hydrogen-bond acceptors (Lipinski definition) is 4. The molecule has 1 fully saturated rings. The number of hydrogen-bond donors (Lipinski definition) is 2. The first-order valence-corrected chi connectivity index (χ1v) is 8.15. The topological polar surface area (TPSA) is 90.5 Å². The van der Waals surface area contributed by atoms with E-state index in [1.54, 1.807) is 0 Å². The van der Waals surface area contributed by atoms with Crippen molar-refractivity contribution in [1.29, 1.82) is 5.41 Å². The highest BCUT2D eigenvalue weighted by Crippen LogP contribution is 2.13. The normalized spacial score (nSPS) is 18.0. The molecule has 7 heteroatoms. The van der Waals surface area contributed by atoms with E-state index in [0.717, 1.165) is 5.56 Å². The van der Waals surface area contributed by atoms with E-state index in [9.17, 15) is 8.42 Å². The van der Waals surface area contributed by atoms with E-state index in [-0.39, 0.29) is 11.6 Å². The fraction of sp³-hybridized carbons (Fsp3) is 0.462. The van der Waals surface area contributed by atoms with E-state index >= 15 is 0 Å². The maximum atomic E-state index is 12.3. The van der Waals surface area contributed by atoms with Crippen molar-refractivity contribution in [1.82, 2.24) is 9.21 Å². The second-order valence-corrected chi connectivity index (χ2v) is 6.91. The van der Waals surface area contributed by atoms with Gasteiger partial charge in [0.2, 0.25) is 10.0 Å². The maximum absolute atomic E-state index is 12.3. The summed E-state index contributed by atoms with van der Waals surface area (Å²) in [6.45, 7) is 2.57. The van der Waals surface area contributed by atoms with Gasteiger partial charge in [0, 0.05) is 26.2 Å². The lowest BCUT2D eigenvalue weighted by molar-refractivity contribution is 0.208. The van der Waals surface area contributed by atoms with Crippen molar-refractivity contribution in [3.63, 3.8) is 0 Å². The van der Waals surface area contributed by atoms with Gasteiger partial charge in [0.05, 0.1) is 12.3 Å². The Morgan fingerprint density at radius 3 is 2.30 bits per heavy atom. The van der Waals surface area contributed by atoms with Gasteiger partial charge in [-0.25, -0.2) is 8.42 Å². The summed E-state index contributed by atoms with van der Waals surface area (Å²) in [6, 6.07) is 9.20. The largest absolute Gasteiger partial charge is 0.387 e. The molecule has 1 saturated heterocycles. The molecule has 0 aromatic heterocycles. The number of amidine groups is 1. The molecule has 20 heavy (non-hydrogen) atoms. The summed E-state index contributed by atoms with van der Waals surface area (Å²) in [5.74, 6) is 0.159. The van der Waals surface area contributed by atoms with Crippen LogP contribution in [0.2, 0.25) is 0 Å². The van der Waals surface area contributed by atoms with Gasteiger partial charge < -0.3 is 5.73 Å². The molecule has 6 nitrogen and oxygen atoms in total. The lowest BCUT2D eigenvalue weighted by Crippen LogP contribution is -2.50. The van der Waals surface area contributed by atoms with E-state index in [2.05, 4.69) is 0 Å². The van der Waals surface area contributed by atoms with E-state index in [4.69, 9.17) is 11.1 Å². The Morgan fingerprint density at radius 1 is 1.15 bits per heavy atom. The average Bonchev–Trinajstić information content (AvgIpc) is 2.39. The number of sulfonamides is 1. The van der Waals surface area contributed by atoms with Gasteiger partial charge in [0.25, 0.3) is 0 Å². The molecule has 0 amide bonds. The third-order valence-corrected chi connectivity index (χ3v) is 5.16. The van der Waals surface area contributed by atoms with Crippen LogP contribution >= 0.6 is 0 Å². The zero-order valence-electron chi connectivity index (χ0n) is 11.3. The summed E-state index contributed by atoms with van der Waals surface area (Å²) in [7, 11) is -3.27. The van der Waals surface area contributed by atoms with Crippen LogP contribution in [0.15, 0.2) is 30.3 Å². The van der Waals surface area contributed by atoms with E-state index in [1.165, 1.54) is 4.31 Å². The van der Waals surface area contributed by atoms with Gasteiger partial charge in [-0.15, -0.1) is 0 Å². The van der Waals surface area contributed by atoms with Crippen LogP contribution in [0, 0.1) is 5.41 Å². The SMILES string of the molecule is N=C(N)CN1CCN(S(=O)(=O)Cc2ccccc2)CC1. The number of nitrogens with one attached hydrogen (secondary N) is 1. The molecule has 0 saturated carbocycles. The monoisotopic (exact) mass is 296 g/mol. The van der Waals surface area contributed by atoms with Crippen molar-refractivity contribution >= 4 is 15.9 Å². The molecule has 0 aliphatic carbocycles. The Kier molecular flexibility index (Phi) is 4.74. The zero-order chi connectivity index (χ0) is 14.6. The minimum atomic E-state index is -3.27. The third-order valence-electron chi connectivity index (χ3n) is 3.31. The Labute approximate surface area is 119 Å². The number of rotatable bonds is 5. The molecule has 1 heterocycles.